The number of benzene rings is 1. The van der Waals surface area contributed by atoms with E-state index in [4.69, 9.17) is 23.9 Å². The smallest absolute Gasteiger partial charge is 0.473 e. The molecule has 0 spiro atoms. The zero-order chi connectivity index (χ0) is 15.2. The molecule has 0 aliphatic heterocycles. The maximum Gasteiger partial charge on any atom is 0.536 e. The van der Waals surface area contributed by atoms with Crippen LogP contribution in [0.2, 0.25) is 0 Å². The summed E-state index contributed by atoms with van der Waals surface area (Å²) in [6, 6.07) is 7.01. The monoisotopic (exact) mass is 297 g/mol. The van der Waals surface area contributed by atoms with E-state index in [1.807, 2.05) is 0 Å². The third-order valence-electron chi connectivity index (χ3n) is 2.87. The van der Waals surface area contributed by atoms with Gasteiger partial charge in [-0.15, -0.1) is 0 Å². The first-order chi connectivity index (χ1) is 9.52. The van der Waals surface area contributed by atoms with E-state index >= 15 is 0 Å². The molecule has 1 aromatic rings. The number of carboxylic acids is 1. The van der Waals surface area contributed by atoms with Gasteiger partial charge in [0.25, 0.3) is 0 Å². The van der Waals surface area contributed by atoms with Crippen LogP contribution in [-0.2, 0) is 24.5 Å². The number of aliphatic carboxylic acids is 1. The van der Waals surface area contributed by atoms with Crippen molar-refractivity contribution in [2.45, 2.75) is 6.42 Å². The Kier molecular flexibility index (Phi) is 5.75. The van der Waals surface area contributed by atoms with Crippen LogP contribution >= 0.6 is 0 Å². The molecule has 1 aromatic carbocycles. The van der Waals surface area contributed by atoms with Crippen LogP contribution in [0.1, 0.15) is 5.56 Å². The second kappa shape index (κ2) is 7.08. The van der Waals surface area contributed by atoms with Crippen LogP contribution in [-0.4, -0.2) is 51.7 Å². The molecular weight excluding hydrogens is 280 g/mol. The summed E-state index contributed by atoms with van der Waals surface area (Å²) in [5.74, 6) is -1.20. The van der Waals surface area contributed by atoms with Gasteiger partial charge < -0.3 is 18.4 Å². The lowest BCUT2D eigenvalue weighted by Gasteiger charge is -2.24. The molecule has 0 radical (unpaired) electrons. The van der Waals surface area contributed by atoms with Crippen molar-refractivity contribution in [3.05, 3.63) is 29.8 Å². The van der Waals surface area contributed by atoms with Crippen LogP contribution in [0.3, 0.4) is 0 Å². The van der Waals surface area contributed by atoms with Gasteiger partial charge in [-0.25, -0.2) is 4.79 Å². The van der Waals surface area contributed by atoms with Gasteiger partial charge in [0.1, 0.15) is 0 Å². The van der Waals surface area contributed by atoms with Gasteiger partial charge in [0, 0.05) is 26.5 Å². The van der Waals surface area contributed by atoms with Crippen molar-refractivity contribution in [3.63, 3.8) is 0 Å². The highest BCUT2D eigenvalue weighted by atomic mass is 28.4. The van der Waals surface area contributed by atoms with E-state index < -0.39 is 14.8 Å². The summed E-state index contributed by atoms with van der Waals surface area (Å²) in [5.41, 5.74) is 7.34. The molecule has 0 saturated heterocycles. The summed E-state index contributed by atoms with van der Waals surface area (Å²) < 4.78 is 16.0. The first-order valence-electron chi connectivity index (χ1n) is 5.74. The Morgan fingerprint density at radius 1 is 1.20 bits per heavy atom. The third-order valence-corrected chi connectivity index (χ3v) is 5.52. The molecule has 2 N–H and O–H groups in total. The van der Waals surface area contributed by atoms with Crippen molar-refractivity contribution in [3.8, 4) is 0 Å². The minimum Gasteiger partial charge on any atom is -0.473 e. The number of hydrogen-bond donors (Lipinski definition) is 2. The fourth-order valence-corrected chi connectivity index (χ4v) is 3.57. The van der Waals surface area contributed by atoms with Crippen molar-refractivity contribution in [2.75, 3.05) is 21.3 Å². The first kappa shape index (κ1) is 16.2. The van der Waals surface area contributed by atoms with E-state index in [-0.39, 0.29) is 12.1 Å². The van der Waals surface area contributed by atoms with Gasteiger partial charge in [0.15, 0.2) is 0 Å². The molecule has 0 bridgehead atoms. The lowest BCUT2D eigenvalue weighted by molar-refractivity contribution is -0.149. The number of hydrogen-bond acceptors (Lipinski definition) is 5. The van der Waals surface area contributed by atoms with Crippen molar-refractivity contribution in [1.82, 2.24) is 0 Å². The van der Waals surface area contributed by atoms with Crippen molar-refractivity contribution in [1.29, 1.82) is 5.53 Å². The third kappa shape index (κ3) is 3.38. The van der Waals surface area contributed by atoms with Gasteiger partial charge in [-0.1, -0.05) is 24.3 Å². The van der Waals surface area contributed by atoms with Gasteiger partial charge >= 0.3 is 20.5 Å². The number of carbonyl (C=O) groups is 1. The zero-order valence-corrected chi connectivity index (χ0v) is 12.5. The molecule has 1 rings (SSSR count). The molecule has 7 nitrogen and oxygen atoms in total. The molecule has 0 aliphatic rings. The fraction of sp³-hybridized carbons (Fsp3) is 0.333. The maximum absolute atomic E-state index is 10.8. The normalized spacial score (nSPS) is 10.9. The predicted molar refractivity (Wildman–Crippen MR) is 72.2 cm³/mol. The first-order valence-corrected chi connectivity index (χ1v) is 7.47. The molecule has 0 heterocycles. The molecule has 0 unspecified atom stereocenters. The van der Waals surface area contributed by atoms with Crippen LogP contribution in [0, 0.1) is 5.53 Å². The van der Waals surface area contributed by atoms with E-state index in [2.05, 4.69) is 4.79 Å². The van der Waals surface area contributed by atoms with Crippen LogP contribution in [0.25, 0.3) is 0 Å². The Morgan fingerprint density at radius 3 is 2.05 bits per heavy atom. The van der Waals surface area contributed by atoms with Gasteiger partial charge in [-0.05, 0) is 5.56 Å². The highest BCUT2D eigenvalue weighted by molar-refractivity contribution is 6.75. The Labute approximate surface area is 117 Å². The summed E-state index contributed by atoms with van der Waals surface area (Å²) in [4.78, 5) is 13.8. The van der Waals surface area contributed by atoms with Gasteiger partial charge in [-0.3, -0.25) is 0 Å². The molecule has 20 heavy (non-hydrogen) atoms. The molecule has 0 fully saturated rings. The second-order valence-corrected chi connectivity index (χ2v) is 6.82. The SMILES string of the molecule is CO[Si](OC)(OC)c1ccc(CC(=[N+]=N)C(=O)O)cc1. The Hall–Kier alpha value is -1.83. The standard InChI is InChI=1S/C12H16N2O5Si/c1-17-20(18-2,19-3)10-6-4-9(5-7-10)8-11(14-13)12(15)16/h4-7,13H,8H2,1-3H3/p+1. The molecule has 0 aromatic heterocycles. The average Bonchev–Trinajstić information content (AvgIpc) is 2.48. The average molecular weight is 297 g/mol. The quantitative estimate of drug-likeness (QED) is 0.321. The number of carboxylic acid groups (broad SMARTS) is 1. The number of rotatable bonds is 7. The van der Waals surface area contributed by atoms with Gasteiger partial charge in [-0.2, -0.15) is 0 Å². The number of nitrogens with one attached hydrogen (secondary N) is 1. The second-order valence-electron chi connectivity index (χ2n) is 3.91. The van der Waals surface area contributed by atoms with Crippen LogP contribution in [0.15, 0.2) is 24.3 Å². The van der Waals surface area contributed by atoms with Crippen LogP contribution < -0.4 is 5.19 Å². The summed E-state index contributed by atoms with van der Waals surface area (Å²) in [6.07, 6.45) is 0.0839. The topological polar surface area (TPSA) is 103 Å². The predicted octanol–water partition coefficient (Wildman–Crippen LogP) is 0.0790. The van der Waals surface area contributed by atoms with Gasteiger partial charge in [0.2, 0.25) is 0 Å². The lowest BCUT2D eigenvalue weighted by Crippen LogP contribution is -2.54. The Bertz CT molecular complexity index is 513. The summed E-state index contributed by atoms with van der Waals surface area (Å²) in [7, 11) is 1.68. The Balaban J connectivity index is 2.99. The minimum absolute atomic E-state index is 0.0839. The van der Waals surface area contributed by atoms with E-state index in [0.717, 1.165) is 10.8 Å². The highest BCUT2D eigenvalue weighted by Crippen LogP contribution is 2.08. The van der Waals surface area contributed by atoms with Crippen LogP contribution in [0.5, 0.6) is 0 Å². The van der Waals surface area contributed by atoms with E-state index in [0.29, 0.717) is 0 Å². The molecule has 0 aliphatic carbocycles. The highest BCUT2D eigenvalue weighted by Gasteiger charge is 2.40. The van der Waals surface area contributed by atoms with Crippen LogP contribution in [0.4, 0.5) is 0 Å². The van der Waals surface area contributed by atoms with Crippen molar-refractivity contribution in [2.24, 2.45) is 0 Å². The molecular formula is C12H17N2O5Si+. The van der Waals surface area contributed by atoms with E-state index in [9.17, 15) is 4.79 Å². The van der Waals surface area contributed by atoms with Gasteiger partial charge in [0.05, 0.1) is 16.7 Å². The molecule has 0 atom stereocenters. The summed E-state index contributed by atoms with van der Waals surface area (Å²) in [6.45, 7) is 0. The summed E-state index contributed by atoms with van der Waals surface area (Å²) in [5, 5.41) is 9.60. The maximum atomic E-state index is 10.8. The Morgan fingerprint density at radius 2 is 1.70 bits per heavy atom. The minimum atomic E-state index is -2.87. The lowest BCUT2D eigenvalue weighted by atomic mass is 10.1. The fourth-order valence-electron chi connectivity index (χ4n) is 1.79. The number of nitrogens with zero attached hydrogens (tertiary/aromatic N) is 1. The zero-order valence-electron chi connectivity index (χ0n) is 11.5. The molecule has 8 heteroatoms. The summed E-state index contributed by atoms with van der Waals surface area (Å²) >= 11 is 0. The van der Waals surface area contributed by atoms with Crippen molar-refractivity contribution >= 4 is 25.7 Å². The van der Waals surface area contributed by atoms with E-state index in [1.54, 1.807) is 24.3 Å². The molecule has 0 amide bonds. The van der Waals surface area contributed by atoms with Crippen molar-refractivity contribution < 1.29 is 28.0 Å². The largest absolute Gasteiger partial charge is 0.536 e. The molecule has 108 valence electrons. The van der Waals surface area contributed by atoms with E-state index in [1.165, 1.54) is 21.3 Å². The molecule has 0 saturated carbocycles.